The van der Waals surface area contributed by atoms with E-state index in [1.807, 2.05) is 0 Å². The Hall–Kier alpha value is -3.70. The lowest BCUT2D eigenvalue weighted by Crippen LogP contribution is -2.15. The Bertz CT molecular complexity index is 1260. The van der Waals surface area contributed by atoms with Crippen LogP contribution in [-0.2, 0) is 6.54 Å². The molecule has 0 fully saturated rings. The fraction of sp³-hybridized carbons (Fsp3) is 0.263. The third-order valence-corrected chi connectivity index (χ3v) is 4.87. The normalized spacial score (nSPS) is 13.6. The summed E-state index contributed by atoms with van der Waals surface area (Å²) in [5.41, 5.74) is 0.564. The van der Waals surface area contributed by atoms with Crippen LogP contribution < -0.4 is 9.47 Å². The van der Waals surface area contributed by atoms with Gasteiger partial charge in [0.2, 0.25) is 11.8 Å². The van der Waals surface area contributed by atoms with Crippen molar-refractivity contribution in [3.63, 3.8) is 0 Å². The highest BCUT2D eigenvalue weighted by Gasteiger charge is 2.32. The zero-order valence-electron chi connectivity index (χ0n) is 15.7. The molecule has 0 atom stereocenters. The van der Waals surface area contributed by atoms with Crippen LogP contribution in [0.5, 0.6) is 11.8 Å². The second-order valence-corrected chi connectivity index (χ2v) is 6.69. The standard InChI is InChI=1S/C19H14F4N6O2/c20-15(21)14-12(18-29(28-14)7-2-8-30-18)13-11(9-3-1-5-24-16(9)26-13)10-4-6-25-27-17(10)31-19(22)23/h1,3-6,15,19H,2,7-8H2,(H,24,26). The van der Waals surface area contributed by atoms with Crippen molar-refractivity contribution in [1.82, 2.24) is 29.9 Å². The fourth-order valence-electron chi connectivity index (χ4n) is 3.70. The number of pyridine rings is 1. The summed E-state index contributed by atoms with van der Waals surface area (Å²) in [5.74, 6) is -0.267. The molecule has 0 radical (unpaired) electrons. The molecular formula is C19H14F4N6O2. The SMILES string of the molecule is FC(F)Oc1nnccc1-c1c(-c2c(C(F)F)nn3c2OCCC3)[nH]c2ncccc12. The minimum atomic E-state index is -3.15. The minimum Gasteiger partial charge on any atom is -0.477 e. The van der Waals surface area contributed by atoms with E-state index in [0.717, 1.165) is 0 Å². The van der Waals surface area contributed by atoms with Crippen molar-refractivity contribution in [2.45, 2.75) is 26.0 Å². The van der Waals surface area contributed by atoms with E-state index in [4.69, 9.17) is 4.74 Å². The maximum absolute atomic E-state index is 13.9. The molecule has 0 unspecified atom stereocenters. The minimum absolute atomic E-state index is 0.0440. The number of ether oxygens (including phenoxy) is 2. The highest BCUT2D eigenvalue weighted by molar-refractivity contribution is 6.04. The Balaban J connectivity index is 1.84. The number of halogens is 4. The van der Waals surface area contributed by atoms with Crippen LogP contribution in [-0.4, -0.2) is 43.2 Å². The topological polar surface area (TPSA) is 90.7 Å². The van der Waals surface area contributed by atoms with Crippen LogP contribution in [0.2, 0.25) is 0 Å². The molecule has 160 valence electrons. The number of H-pyrrole nitrogens is 1. The van der Waals surface area contributed by atoms with Crippen molar-refractivity contribution >= 4 is 11.0 Å². The van der Waals surface area contributed by atoms with Crippen LogP contribution in [0.1, 0.15) is 18.5 Å². The average molecular weight is 434 g/mol. The van der Waals surface area contributed by atoms with Gasteiger partial charge in [0.15, 0.2) is 0 Å². The Morgan fingerprint density at radius 3 is 2.81 bits per heavy atom. The third-order valence-electron chi connectivity index (χ3n) is 4.87. The van der Waals surface area contributed by atoms with Gasteiger partial charge < -0.3 is 14.5 Å². The first-order chi connectivity index (χ1) is 15.0. The number of hydrogen-bond donors (Lipinski definition) is 1. The second kappa shape index (κ2) is 7.52. The smallest absolute Gasteiger partial charge is 0.388 e. The fourth-order valence-corrected chi connectivity index (χ4v) is 3.70. The van der Waals surface area contributed by atoms with E-state index in [0.29, 0.717) is 36.2 Å². The van der Waals surface area contributed by atoms with Gasteiger partial charge in [0.05, 0.1) is 29.6 Å². The van der Waals surface area contributed by atoms with Gasteiger partial charge in [-0.1, -0.05) is 0 Å². The number of fused-ring (bicyclic) bond motifs is 2. The van der Waals surface area contributed by atoms with E-state index >= 15 is 0 Å². The van der Waals surface area contributed by atoms with Crippen molar-refractivity contribution in [1.29, 1.82) is 0 Å². The molecule has 0 aliphatic carbocycles. The van der Waals surface area contributed by atoms with Gasteiger partial charge in [-0.15, -0.1) is 5.10 Å². The van der Waals surface area contributed by atoms with E-state index in [9.17, 15) is 17.6 Å². The van der Waals surface area contributed by atoms with Crippen molar-refractivity contribution in [3.8, 4) is 34.1 Å². The molecule has 1 aliphatic rings. The molecule has 4 aromatic rings. The molecule has 0 saturated heterocycles. The van der Waals surface area contributed by atoms with Gasteiger partial charge in [0, 0.05) is 30.1 Å². The van der Waals surface area contributed by atoms with E-state index in [1.54, 1.807) is 12.1 Å². The Morgan fingerprint density at radius 2 is 2.00 bits per heavy atom. The molecule has 12 heteroatoms. The molecule has 1 N–H and O–H groups in total. The van der Waals surface area contributed by atoms with Crippen molar-refractivity contribution < 1.29 is 27.0 Å². The lowest BCUT2D eigenvalue weighted by Gasteiger charge is -2.16. The third kappa shape index (κ3) is 3.23. The van der Waals surface area contributed by atoms with Crippen LogP contribution >= 0.6 is 0 Å². The summed E-state index contributed by atoms with van der Waals surface area (Å²) >= 11 is 0. The zero-order valence-corrected chi connectivity index (χ0v) is 15.7. The predicted molar refractivity (Wildman–Crippen MR) is 100 cm³/mol. The maximum atomic E-state index is 13.9. The van der Waals surface area contributed by atoms with Crippen LogP contribution in [0.4, 0.5) is 17.6 Å². The van der Waals surface area contributed by atoms with Gasteiger partial charge in [0.1, 0.15) is 11.3 Å². The first-order valence-electron chi connectivity index (χ1n) is 9.30. The number of nitrogens with zero attached hydrogens (tertiary/aromatic N) is 5. The Labute approximate surface area is 171 Å². The molecule has 0 bridgehead atoms. The summed E-state index contributed by atoms with van der Waals surface area (Å²) in [6, 6.07) is 4.75. The van der Waals surface area contributed by atoms with Gasteiger partial charge in [-0.3, -0.25) is 0 Å². The number of aromatic amines is 1. The molecule has 8 nitrogen and oxygen atoms in total. The molecule has 5 rings (SSSR count). The molecule has 31 heavy (non-hydrogen) atoms. The summed E-state index contributed by atoms with van der Waals surface area (Å²) in [5, 5.41) is 11.8. The number of alkyl halides is 4. The largest absolute Gasteiger partial charge is 0.477 e. The van der Waals surface area contributed by atoms with Crippen LogP contribution in [0.3, 0.4) is 0 Å². The van der Waals surface area contributed by atoms with Crippen molar-refractivity contribution in [3.05, 3.63) is 36.3 Å². The van der Waals surface area contributed by atoms with E-state index in [1.165, 1.54) is 23.1 Å². The van der Waals surface area contributed by atoms with Gasteiger partial charge in [-0.05, 0) is 18.2 Å². The molecule has 1 aliphatic heterocycles. The summed E-state index contributed by atoms with van der Waals surface area (Å²) in [6.07, 6.45) is 0.547. The number of aromatic nitrogens is 6. The summed E-state index contributed by atoms with van der Waals surface area (Å²) in [6.45, 7) is -2.39. The highest BCUT2D eigenvalue weighted by atomic mass is 19.3. The van der Waals surface area contributed by atoms with Crippen LogP contribution in [0.15, 0.2) is 30.6 Å². The number of nitrogens with one attached hydrogen (secondary N) is 1. The predicted octanol–water partition coefficient (Wildman–Crippen LogP) is 4.20. The average Bonchev–Trinajstić information content (AvgIpc) is 3.32. The van der Waals surface area contributed by atoms with E-state index < -0.39 is 24.6 Å². The van der Waals surface area contributed by atoms with Crippen molar-refractivity contribution in [2.24, 2.45) is 0 Å². The van der Waals surface area contributed by atoms with E-state index in [2.05, 4.69) is 30.0 Å². The quantitative estimate of drug-likeness (QED) is 0.474. The van der Waals surface area contributed by atoms with Gasteiger partial charge in [0.25, 0.3) is 6.43 Å². The Kier molecular flexibility index (Phi) is 4.68. The van der Waals surface area contributed by atoms with Gasteiger partial charge in [-0.2, -0.15) is 19.0 Å². The highest BCUT2D eigenvalue weighted by Crippen LogP contribution is 2.47. The van der Waals surface area contributed by atoms with Crippen LogP contribution in [0.25, 0.3) is 33.4 Å². The Morgan fingerprint density at radius 1 is 1.13 bits per heavy atom. The first kappa shape index (κ1) is 19.3. The van der Waals surface area contributed by atoms with Crippen molar-refractivity contribution in [2.75, 3.05) is 6.61 Å². The first-order valence-corrected chi connectivity index (χ1v) is 9.30. The molecule has 0 spiro atoms. The van der Waals surface area contributed by atoms with Gasteiger partial charge >= 0.3 is 6.61 Å². The molecule has 5 heterocycles. The second-order valence-electron chi connectivity index (χ2n) is 6.69. The zero-order chi connectivity index (χ0) is 21.5. The lowest BCUT2D eigenvalue weighted by atomic mass is 10.00. The monoisotopic (exact) mass is 434 g/mol. The van der Waals surface area contributed by atoms with Gasteiger partial charge in [-0.25, -0.2) is 18.4 Å². The van der Waals surface area contributed by atoms with E-state index in [-0.39, 0.29) is 22.7 Å². The molecule has 4 aromatic heterocycles. The maximum Gasteiger partial charge on any atom is 0.388 e. The van der Waals surface area contributed by atoms with Crippen LogP contribution in [0, 0.1) is 0 Å². The number of aryl methyl sites for hydroxylation is 1. The molecule has 0 amide bonds. The number of hydrogen-bond acceptors (Lipinski definition) is 6. The summed E-state index contributed by atoms with van der Waals surface area (Å²) < 4.78 is 65.4. The molecule has 0 aromatic carbocycles. The molecular weight excluding hydrogens is 420 g/mol. The molecule has 0 saturated carbocycles. The summed E-state index contributed by atoms with van der Waals surface area (Å²) in [4.78, 5) is 7.26. The lowest BCUT2D eigenvalue weighted by molar-refractivity contribution is -0.0529. The number of rotatable bonds is 5. The summed E-state index contributed by atoms with van der Waals surface area (Å²) in [7, 11) is 0.